The third-order valence-corrected chi connectivity index (χ3v) is 1.84. The van der Waals surface area contributed by atoms with Gasteiger partial charge in [-0.05, 0) is 13.3 Å². The van der Waals surface area contributed by atoms with Gasteiger partial charge in [-0.3, -0.25) is 4.68 Å². The summed E-state index contributed by atoms with van der Waals surface area (Å²) in [6.45, 7) is 5.23. The molecular formula is C9H17N3. The predicted octanol–water partition coefficient (Wildman–Crippen LogP) is 1.94. The lowest BCUT2D eigenvalue weighted by atomic mass is 10.3. The summed E-state index contributed by atoms with van der Waals surface area (Å²) in [6.07, 6.45) is 2.44. The molecule has 0 aromatic carbocycles. The molecule has 1 aromatic heterocycles. The van der Waals surface area contributed by atoms with Gasteiger partial charge in [0.25, 0.3) is 0 Å². The zero-order valence-corrected chi connectivity index (χ0v) is 8.09. The van der Waals surface area contributed by atoms with Gasteiger partial charge in [0.2, 0.25) is 0 Å². The first-order chi connectivity index (χ1) is 5.74. The molecule has 1 aromatic rings. The van der Waals surface area contributed by atoms with Crippen molar-refractivity contribution in [2.75, 3.05) is 11.9 Å². The Morgan fingerprint density at radius 1 is 1.58 bits per heavy atom. The van der Waals surface area contributed by atoms with Crippen LogP contribution in [0.4, 0.5) is 5.82 Å². The minimum atomic E-state index is 1.04. The quantitative estimate of drug-likeness (QED) is 0.694. The highest BCUT2D eigenvalue weighted by molar-refractivity contribution is 5.36. The van der Waals surface area contributed by atoms with Gasteiger partial charge in [-0.1, -0.05) is 13.3 Å². The van der Waals surface area contributed by atoms with Gasteiger partial charge in [0.05, 0.1) is 5.69 Å². The molecule has 0 spiro atoms. The van der Waals surface area contributed by atoms with Crippen molar-refractivity contribution in [1.29, 1.82) is 0 Å². The van der Waals surface area contributed by atoms with Crippen molar-refractivity contribution in [3.05, 3.63) is 11.8 Å². The van der Waals surface area contributed by atoms with Gasteiger partial charge in [0.15, 0.2) is 0 Å². The van der Waals surface area contributed by atoms with Crippen LogP contribution in [0.2, 0.25) is 0 Å². The number of anilines is 1. The summed E-state index contributed by atoms with van der Waals surface area (Å²) in [6, 6.07) is 2.07. The molecule has 0 radical (unpaired) electrons. The second kappa shape index (κ2) is 4.14. The summed E-state index contributed by atoms with van der Waals surface area (Å²) in [5, 5.41) is 7.58. The van der Waals surface area contributed by atoms with Crippen molar-refractivity contribution in [3.8, 4) is 0 Å². The summed E-state index contributed by atoms with van der Waals surface area (Å²) in [4.78, 5) is 0. The van der Waals surface area contributed by atoms with Crippen LogP contribution in [-0.2, 0) is 7.05 Å². The summed E-state index contributed by atoms with van der Waals surface area (Å²) in [5.74, 6) is 1.11. The maximum absolute atomic E-state index is 4.24. The molecule has 0 unspecified atom stereocenters. The highest BCUT2D eigenvalue weighted by Crippen LogP contribution is 2.07. The van der Waals surface area contributed by atoms with E-state index in [0.29, 0.717) is 0 Å². The van der Waals surface area contributed by atoms with Crippen LogP contribution in [0.1, 0.15) is 25.5 Å². The molecule has 0 aliphatic rings. The van der Waals surface area contributed by atoms with Crippen molar-refractivity contribution in [3.63, 3.8) is 0 Å². The molecule has 3 heteroatoms. The van der Waals surface area contributed by atoms with Crippen molar-refractivity contribution in [2.45, 2.75) is 26.7 Å². The Kier molecular flexibility index (Phi) is 3.14. The van der Waals surface area contributed by atoms with Crippen LogP contribution in [0, 0.1) is 6.92 Å². The van der Waals surface area contributed by atoms with E-state index < -0.39 is 0 Å². The number of nitrogens with zero attached hydrogens (tertiary/aromatic N) is 2. The highest BCUT2D eigenvalue weighted by atomic mass is 15.3. The molecule has 1 N–H and O–H groups in total. The number of rotatable bonds is 4. The third kappa shape index (κ3) is 2.26. The molecule has 3 nitrogen and oxygen atoms in total. The van der Waals surface area contributed by atoms with Crippen LogP contribution in [0.25, 0.3) is 0 Å². The lowest BCUT2D eigenvalue weighted by Crippen LogP contribution is -2.05. The van der Waals surface area contributed by atoms with Gasteiger partial charge >= 0.3 is 0 Å². The molecule has 0 bridgehead atoms. The molecule has 0 saturated carbocycles. The minimum absolute atomic E-state index is 1.04. The standard InChI is InChI=1S/C9H17N3/c1-4-5-6-10-9-7-8(2)11-12(9)3/h7,10H,4-6H2,1-3H3. The summed E-state index contributed by atoms with van der Waals surface area (Å²) in [7, 11) is 1.96. The Labute approximate surface area is 73.8 Å². The average Bonchev–Trinajstić information content (AvgIpc) is 2.31. The summed E-state index contributed by atoms with van der Waals surface area (Å²) in [5.41, 5.74) is 1.07. The Bertz CT molecular complexity index is 240. The van der Waals surface area contributed by atoms with E-state index >= 15 is 0 Å². The molecule has 0 amide bonds. The lowest BCUT2D eigenvalue weighted by molar-refractivity contribution is 0.748. The van der Waals surface area contributed by atoms with E-state index in [4.69, 9.17) is 0 Å². The van der Waals surface area contributed by atoms with Gasteiger partial charge in [-0.2, -0.15) is 5.10 Å². The Hall–Kier alpha value is -0.990. The Balaban J connectivity index is 2.45. The van der Waals surface area contributed by atoms with Crippen molar-refractivity contribution in [2.24, 2.45) is 7.05 Å². The maximum atomic E-state index is 4.24. The van der Waals surface area contributed by atoms with E-state index in [-0.39, 0.29) is 0 Å². The SMILES string of the molecule is CCCCNc1cc(C)nn1C. The predicted molar refractivity (Wildman–Crippen MR) is 51.3 cm³/mol. The van der Waals surface area contributed by atoms with E-state index in [1.807, 2.05) is 18.7 Å². The van der Waals surface area contributed by atoms with Crippen molar-refractivity contribution in [1.82, 2.24) is 9.78 Å². The minimum Gasteiger partial charge on any atom is -0.370 e. The average molecular weight is 167 g/mol. The van der Waals surface area contributed by atoms with Gasteiger partial charge in [-0.25, -0.2) is 0 Å². The number of unbranched alkanes of at least 4 members (excludes halogenated alkanes) is 1. The van der Waals surface area contributed by atoms with Crippen LogP contribution in [0.5, 0.6) is 0 Å². The second-order valence-electron chi connectivity index (χ2n) is 3.07. The molecule has 1 heterocycles. The smallest absolute Gasteiger partial charge is 0.124 e. The first-order valence-electron chi connectivity index (χ1n) is 4.48. The van der Waals surface area contributed by atoms with Crippen LogP contribution < -0.4 is 5.32 Å². The lowest BCUT2D eigenvalue weighted by Gasteiger charge is -2.03. The molecule has 0 aliphatic carbocycles. The first kappa shape index (κ1) is 9.10. The van der Waals surface area contributed by atoms with Crippen LogP contribution in [-0.4, -0.2) is 16.3 Å². The van der Waals surface area contributed by atoms with E-state index in [2.05, 4.69) is 23.4 Å². The summed E-state index contributed by atoms with van der Waals surface area (Å²) < 4.78 is 1.88. The fourth-order valence-electron chi connectivity index (χ4n) is 1.17. The fraction of sp³-hybridized carbons (Fsp3) is 0.667. The largest absolute Gasteiger partial charge is 0.370 e. The molecular weight excluding hydrogens is 150 g/mol. The van der Waals surface area contributed by atoms with Crippen LogP contribution in [0.15, 0.2) is 6.07 Å². The zero-order valence-electron chi connectivity index (χ0n) is 8.09. The number of hydrogen-bond acceptors (Lipinski definition) is 2. The van der Waals surface area contributed by atoms with Crippen molar-refractivity contribution >= 4 is 5.82 Å². The highest BCUT2D eigenvalue weighted by Gasteiger charge is 1.98. The second-order valence-corrected chi connectivity index (χ2v) is 3.07. The molecule has 0 atom stereocenters. The fourth-order valence-corrected chi connectivity index (χ4v) is 1.17. The van der Waals surface area contributed by atoms with E-state index in [1.54, 1.807) is 0 Å². The van der Waals surface area contributed by atoms with Gasteiger partial charge < -0.3 is 5.32 Å². The third-order valence-electron chi connectivity index (χ3n) is 1.84. The maximum Gasteiger partial charge on any atom is 0.124 e. The zero-order chi connectivity index (χ0) is 8.97. The van der Waals surface area contributed by atoms with E-state index in [0.717, 1.165) is 18.1 Å². The molecule has 12 heavy (non-hydrogen) atoms. The molecule has 0 fully saturated rings. The topological polar surface area (TPSA) is 29.9 Å². The van der Waals surface area contributed by atoms with E-state index in [1.165, 1.54) is 12.8 Å². The molecule has 0 saturated heterocycles. The molecule has 0 aliphatic heterocycles. The van der Waals surface area contributed by atoms with Crippen LogP contribution >= 0.6 is 0 Å². The Morgan fingerprint density at radius 2 is 2.33 bits per heavy atom. The monoisotopic (exact) mass is 167 g/mol. The molecule has 68 valence electrons. The normalized spacial score (nSPS) is 10.2. The molecule has 1 rings (SSSR count). The number of aryl methyl sites for hydroxylation is 2. The number of aromatic nitrogens is 2. The number of nitrogens with one attached hydrogen (secondary N) is 1. The van der Waals surface area contributed by atoms with Crippen molar-refractivity contribution < 1.29 is 0 Å². The van der Waals surface area contributed by atoms with Gasteiger partial charge in [-0.15, -0.1) is 0 Å². The van der Waals surface area contributed by atoms with Gasteiger partial charge in [0, 0.05) is 19.7 Å². The summed E-state index contributed by atoms with van der Waals surface area (Å²) >= 11 is 0. The van der Waals surface area contributed by atoms with Crippen LogP contribution in [0.3, 0.4) is 0 Å². The number of hydrogen-bond donors (Lipinski definition) is 1. The van der Waals surface area contributed by atoms with E-state index in [9.17, 15) is 0 Å². The Morgan fingerprint density at radius 3 is 2.83 bits per heavy atom. The first-order valence-corrected chi connectivity index (χ1v) is 4.48. The van der Waals surface area contributed by atoms with Gasteiger partial charge in [0.1, 0.15) is 5.82 Å².